The van der Waals surface area contributed by atoms with E-state index in [-0.39, 0.29) is 17.9 Å². The van der Waals surface area contributed by atoms with Crippen LogP contribution < -0.4 is 10.3 Å². The second-order valence-corrected chi connectivity index (χ2v) is 5.83. The standard InChI is InChI=1S/C16H11F3N2O2S/c17-16(18,19)23-12-5-3-11(4-6-12)10-21-15(22)8-7-13(20-21)14-2-1-9-24-14/h1-9H,10H2. The van der Waals surface area contributed by atoms with Crippen molar-refractivity contribution in [2.75, 3.05) is 0 Å². The Balaban J connectivity index is 1.81. The minimum absolute atomic E-state index is 0.157. The van der Waals surface area contributed by atoms with E-state index in [0.29, 0.717) is 11.3 Å². The largest absolute Gasteiger partial charge is 0.573 e. The number of nitrogens with zero attached hydrogens (tertiary/aromatic N) is 2. The molecule has 0 radical (unpaired) electrons. The first-order valence-corrected chi connectivity index (χ1v) is 7.75. The third kappa shape index (κ3) is 4.02. The number of hydrogen-bond donors (Lipinski definition) is 0. The predicted octanol–water partition coefficient (Wildman–Crippen LogP) is 3.92. The van der Waals surface area contributed by atoms with Gasteiger partial charge in [-0.1, -0.05) is 18.2 Å². The highest BCUT2D eigenvalue weighted by atomic mass is 32.1. The number of rotatable bonds is 4. The molecule has 24 heavy (non-hydrogen) atoms. The zero-order valence-corrected chi connectivity index (χ0v) is 13.0. The van der Waals surface area contributed by atoms with Crippen molar-refractivity contribution < 1.29 is 17.9 Å². The molecule has 0 spiro atoms. The number of ether oxygens (including phenoxy) is 1. The van der Waals surface area contributed by atoms with Crippen molar-refractivity contribution in [3.63, 3.8) is 0 Å². The van der Waals surface area contributed by atoms with E-state index < -0.39 is 6.36 Å². The lowest BCUT2D eigenvalue weighted by Gasteiger charge is -2.10. The summed E-state index contributed by atoms with van der Waals surface area (Å²) in [5.74, 6) is -0.307. The first kappa shape index (κ1) is 16.3. The maximum Gasteiger partial charge on any atom is 0.573 e. The van der Waals surface area contributed by atoms with Crippen LogP contribution in [0.25, 0.3) is 10.6 Å². The summed E-state index contributed by atoms with van der Waals surface area (Å²) in [4.78, 5) is 12.9. The quantitative estimate of drug-likeness (QED) is 0.715. The van der Waals surface area contributed by atoms with Crippen LogP contribution in [0.2, 0.25) is 0 Å². The van der Waals surface area contributed by atoms with Crippen LogP contribution >= 0.6 is 11.3 Å². The summed E-state index contributed by atoms with van der Waals surface area (Å²) in [6.45, 7) is 0.157. The molecule has 0 aliphatic heterocycles. The van der Waals surface area contributed by atoms with Gasteiger partial charge in [0, 0.05) is 6.07 Å². The summed E-state index contributed by atoms with van der Waals surface area (Å²) in [6, 6.07) is 12.2. The Morgan fingerprint density at radius 3 is 2.46 bits per heavy atom. The highest BCUT2D eigenvalue weighted by molar-refractivity contribution is 7.13. The number of hydrogen-bond acceptors (Lipinski definition) is 4. The molecule has 4 nitrogen and oxygen atoms in total. The van der Waals surface area contributed by atoms with Crippen LogP contribution in [-0.4, -0.2) is 16.1 Å². The lowest BCUT2D eigenvalue weighted by Crippen LogP contribution is -2.22. The van der Waals surface area contributed by atoms with E-state index in [1.807, 2.05) is 17.5 Å². The van der Waals surface area contributed by atoms with Crippen molar-refractivity contribution in [3.05, 3.63) is 69.8 Å². The Hall–Kier alpha value is -2.61. The molecule has 0 bridgehead atoms. The number of aromatic nitrogens is 2. The van der Waals surface area contributed by atoms with E-state index in [1.54, 1.807) is 6.07 Å². The molecule has 0 saturated carbocycles. The smallest absolute Gasteiger partial charge is 0.406 e. The molecular formula is C16H11F3N2O2S. The Morgan fingerprint density at radius 2 is 1.83 bits per heavy atom. The number of alkyl halides is 3. The van der Waals surface area contributed by atoms with Gasteiger partial charge in [-0.25, -0.2) is 4.68 Å². The van der Waals surface area contributed by atoms with Gasteiger partial charge in [0.1, 0.15) is 11.4 Å². The number of halogens is 3. The van der Waals surface area contributed by atoms with Crippen molar-refractivity contribution in [2.45, 2.75) is 12.9 Å². The van der Waals surface area contributed by atoms with Gasteiger partial charge in [0.05, 0.1) is 11.4 Å². The highest BCUT2D eigenvalue weighted by Crippen LogP contribution is 2.23. The summed E-state index contributed by atoms with van der Waals surface area (Å²) in [6.07, 6.45) is -4.73. The summed E-state index contributed by atoms with van der Waals surface area (Å²) in [5.41, 5.74) is 1.02. The summed E-state index contributed by atoms with van der Waals surface area (Å²) in [5, 5.41) is 6.20. The predicted molar refractivity (Wildman–Crippen MR) is 84.0 cm³/mol. The van der Waals surface area contributed by atoms with Gasteiger partial charge in [-0.05, 0) is 35.2 Å². The third-order valence-electron chi connectivity index (χ3n) is 3.13. The molecular weight excluding hydrogens is 341 g/mol. The minimum Gasteiger partial charge on any atom is -0.406 e. The van der Waals surface area contributed by atoms with Crippen LogP contribution in [0.4, 0.5) is 13.2 Å². The van der Waals surface area contributed by atoms with Crippen molar-refractivity contribution in [1.29, 1.82) is 0 Å². The van der Waals surface area contributed by atoms with Gasteiger partial charge >= 0.3 is 6.36 Å². The SMILES string of the molecule is O=c1ccc(-c2cccs2)nn1Cc1ccc(OC(F)(F)F)cc1. The Bertz CT molecular complexity index is 872. The normalized spacial score (nSPS) is 11.5. The Kier molecular flexibility index (Phi) is 4.39. The van der Waals surface area contributed by atoms with Crippen LogP contribution in [0.3, 0.4) is 0 Å². The Morgan fingerprint density at radius 1 is 1.08 bits per heavy atom. The molecule has 0 aliphatic rings. The van der Waals surface area contributed by atoms with Crippen molar-refractivity contribution in [3.8, 4) is 16.3 Å². The molecule has 0 aliphatic carbocycles. The highest BCUT2D eigenvalue weighted by Gasteiger charge is 2.30. The van der Waals surface area contributed by atoms with E-state index in [1.165, 1.54) is 46.4 Å². The van der Waals surface area contributed by atoms with Crippen molar-refractivity contribution >= 4 is 11.3 Å². The summed E-state index contributed by atoms with van der Waals surface area (Å²) >= 11 is 1.50. The van der Waals surface area contributed by atoms with E-state index in [2.05, 4.69) is 9.84 Å². The van der Waals surface area contributed by atoms with Gasteiger partial charge in [0.2, 0.25) is 0 Å². The summed E-state index contributed by atoms with van der Waals surface area (Å²) < 4.78 is 41.5. The number of thiophene rings is 1. The lowest BCUT2D eigenvalue weighted by molar-refractivity contribution is -0.274. The average molecular weight is 352 g/mol. The second kappa shape index (κ2) is 6.48. The van der Waals surface area contributed by atoms with Crippen molar-refractivity contribution in [2.24, 2.45) is 0 Å². The molecule has 124 valence electrons. The zero-order chi connectivity index (χ0) is 17.2. The Labute approximate surface area is 138 Å². The molecule has 0 amide bonds. The molecule has 2 aromatic heterocycles. The van der Waals surface area contributed by atoms with E-state index in [0.717, 1.165) is 4.88 Å². The van der Waals surface area contributed by atoms with Crippen LogP contribution in [0, 0.1) is 0 Å². The molecule has 1 aromatic carbocycles. The van der Waals surface area contributed by atoms with Gasteiger partial charge in [-0.3, -0.25) is 4.79 Å². The van der Waals surface area contributed by atoms with Crippen LogP contribution in [0.5, 0.6) is 5.75 Å². The van der Waals surface area contributed by atoms with E-state index in [9.17, 15) is 18.0 Å². The van der Waals surface area contributed by atoms with Crippen LogP contribution in [0.1, 0.15) is 5.56 Å². The first-order valence-electron chi connectivity index (χ1n) is 6.87. The van der Waals surface area contributed by atoms with Gasteiger partial charge in [0.25, 0.3) is 5.56 Å². The first-order chi connectivity index (χ1) is 11.4. The van der Waals surface area contributed by atoms with Crippen LogP contribution in [-0.2, 0) is 6.54 Å². The fourth-order valence-electron chi connectivity index (χ4n) is 2.09. The van der Waals surface area contributed by atoms with Crippen LogP contribution in [0.15, 0.2) is 58.7 Å². The minimum atomic E-state index is -4.73. The van der Waals surface area contributed by atoms with Gasteiger partial charge in [0.15, 0.2) is 0 Å². The molecule has 8 heteroatoms. The topological polar surface area (TPSA) is 44.1 Å². The fourth-order valence-corrected chi connectivity index (χ4v) is 2.78. The molecule has 2 heterocycles. The number of benzene rings is 1. The van der Waals surface area contributed by atoms with Crippen molar-refractivity contribution in [1.82, 2.24) is 9.78 Å². The maximum absolute atomic E-state index is 12.1. The van der Waals surface area contributed by atoms with Gasteiger partial charge in [-0.2, -0.15) is 5.10 Å². The average Bonchev–Trinajstić information content (AvgIpc) is 3.04. The molecule has 0 N–H and O–H groups in total. The molecule has 0 saturated heterocycles. The summed E-state index contributed by atoms with van der Waals surface area (Å²) in [7, 11) is 0. The van der Waals surface area contributed by atoms with E-state index >= 15 is 0 Å². The van der Waals surface area contributed by atoms with Gasteiger partial charge < -0.3 is 4.74 Å². The van der Waals surface area contributed by atoms with Gasteiger partial charge in [-0.15, -0.1) is 24.5 Å². The zero-order valence-electron chi connectivity index (χ0n) is 12.2. The molecule has 3 rings (SSSR count). The monoisotopic (exact) mass is 352 g/mol. The fraction of sp³-hybridized carbons (Fsp3) is 0.125. The molecule has 0 fully saturated rings. The molecule has 3 aromatic rings. The lowest BCUT2D eigenvalue weighted by atomic mass is 10.2. The second-order valence-electron chi connectivity index (χ2n) is 4.88. The maximum atomic E-state index is 12.1. The third-order valence-corrected chi connectivity index (χ3v) is 4.02. The molecule has 0 unspecified atom stereocenters. The van der Waals surface area contributed by atoms with E-state index in [4.69, 9.17) is 0 Å². The molecule has 0 atom stereocenters.